The summed E-state index contributed by atoms with van der Waals surface area (Å²) >= 11 is 2.91. The molecule has 0 amide bonds. The van der Waals surface area contributed by atoms with E-state index in [0.717, 1.165) is 6.42 Å². The van der Waals surface area contributed by atoms with Crippen LogP contribution in [0, 0.1) is 6.92 Å². The van der Waals surface area contributed by atoms with E-state index in [0.29, 0.717) is 28.0 Å². The molecule has 0 fully saturated rings. The van der Waals surface area contributed by atoms with E-state index in [1.165, 1.54) is 22.5 Å². The Balaban J connectivity index is 1.64. The lowest BCUT2D eigenvalue weighted by Gasteiger charge is -2.02. The number of thiazole rings is 1. The molecule has 6 nitrogen and oxygen atoms in total. The predicted octanol–water partition coefficient (Wildman–Crippen LogP) is 2.70. The maximum Gasteiger partial charge on any atom is 0.350 e. The molecule has 21 heavy (non-hydrogen) atoms. The number of aromatic amines is 1. The molecular formula is C13H12N4O2S2. The number of hydrogen-bond acceptors (Lipinski definition) is 7. The van der Waals surface area contributed by atoms with E-state index in [1.54, 1.807) is 18.3 Å². The van der Waals surface area contributed by atoms with Gasteiger partial charge in [-0.3, -0.25) is 5.10 Å². The highest BCUT2D eigenvalue weighted by atomic mass is 32.1. The third-order valence-electron chi connectivity index (χ3n) is 2.76. The second-order valence-electron chi connectivity index (χ2n) is 4.23. The first-order chi connectivity index (χ1) is 10.2. The lowest BCUT2D eigenvalue weighted by Crippen LogP contribution is -2.07. The van der Waals surface area contributed by atoms with Gasteiger partial charge in [0.1, 0.15) is 11.2 Å². The summed E-state index contributed by atoms with van der Waals surface area (Å²) in [6, 6.07) is 4.01. The molecule has 8 heteroatoms. The Labute approximate surface area is 128 Å². The van der Waals surface area contributed by atoms with Crippen molar-refractivity contribution in [3.63, 3.8) is 0 Å². The third kappa shape index (κ3) is 3.17. The van der Waals surface area contributed by atoms with Crippen molar-refractivity contribution < 1.29 is 9.53 Å². The van der Waals surface area contributed by atoms with Crippen LogP contribution in [0.2, 0.25) is 0 Å². The van der Waals surface area contributed by atoms with Crippen LogP contribution < -0.4 is 0 Å². The molecule has 3 heterocycles. The van der Waals surface area contributed by atoms with Gasteiger partial charge in [0.2, 0.25) is 0 Å². The standard InChI is InChI=1S/C13H12N4O2S2/c1-8-10(21-12(16-8)11-14-7-15-17-11)13(18)19-5-4-9-3-2-6-20-9/h2-3,6-7H,4-5H2,1H3,(H,14,15,17). The first kappa shape index (κ1) is 13.9. The molecule has 0 aromatic carbocycles. The molecule has 0 saturated heterocycles. The van der Waals surface area contributed by atoms with Gasteiger partial charge < -0.3 is 4.74 Å². The molecule has 0 aliphatic heterocycles. The van der Waals surface area contributed by atoms with Crippen LogP contribution in [-0.4, -0.2) is 32.7 Å². The van der Waals surface area contributed by atoms with Crippen molar-refractivity contribution in [1.29, 1.82) is 0 Å². The number of carbonyl (C=O) groups is 1. The molecule has 0 bridgehead atoms. The summed E-state index contributed by atoms with van der Waals surface area (Å²) in [5.41, 5.74) is 0.646. The lowest BCUT2D eigenvalue weighted by atomic mass is 10.3. The quantitative estimate of drug-likeness (QED) is 0.731. The second kappa shape index (κ2) is 6.15. The van der Waals surface area contributed by atoms with Gasteiger partial charge >= 0.3 is 5.97 Å². The number of carbonyl (C=O) groups excluding carboxylic acids is 1. The highest BCUT2D eigenvalue weighted by Gasteiger charge is 2.18. The second-order valence-corrected chi connectivity index (χ2v) is 6.26. The fourth-order valence-electron chi connectivity index (χ4n) is 1.76. The van der Waals surface area contributed by atoms with Crippen LogP contribution in [0.25, 0.3) is 10.8 Å². The Morgan fingerprint density at radius 3 is 3.10 bits per heavy atom. The minimum Gasteiger partial charge on any atom is -0.461 e. The van der Waals surface area contributed by atoms with Gasteiger partial charge in [-0.05, 0) is 18.4 Å². The fraction of sp³-hybridized carbons (Fsp3) is 0.231. The third-order valence-corrected chi connectivity index (χ3v) is 4.84. The molecule has 0 aliphatic carbocycles. The van der Waals surface area contributed by atoms with Crippen LogP contribution in [0.1, 0.15) is 20.2 Å². The molecule has 3 aromatic rings. The number of H-pyrrole nitrogens is 1. The van der Waals surface area contributed by atoms with Crippen molar-refractivity contribution in [3.8, 4) is 10.8 Å². The Hall–Kier alpha value is -2.06. The van der Waals surface area contributed by atoms with E-state index in [-0.39, 0.29) is 5.97 Å². The zero-order valence-corrected chi connectivity index (χ0v) is 12.8. The monoisotopic (exact) mass is 320 g/mol. The van der Waals surface area contributed by atoms with Crippen LogP contribution in [0.4, 0.5) is 0 Å². The van der Waals surface area contributed by atoms with Gasteiger partial charge in [-0.25, -0.2) is 14.8 Å². The molecule has 0 saturated carbocycles. The number of aromatic nitrogens is 4. The zero-order valence-electron chi connectivity index (χ0n) is 11.2. The highest BCUT2D eigenvalue weighted by Crippen LogP contribution is 2.25. The van der Waals surface area contributed by atoms with E-state index >= 15 is 0 Å². The van der Waals surface area contributed by atoms with E-state index < -0.39 is 0 Å². The first-order valence-electron chi connectivity index (χ1n) is 6.26. The summed E-state index contributed by atoms with van der Waals surface area (Å²) in [6.07, 6.45) is 2.14. The summed E-state index contributed by atoms with van der Waals surface area (Å²) < 4.78 is 5.30. The average Bonchev–Trinajstić information content (AvgIpc) is 3.19. The minimum atomic E-state index is -0.340. The Kier molecular flexibility index (Phi) is 4.07. The smallest absolute Gasteiger partial charge is 0.350 e. The molecule has 3 rings (SSSR count). The summed E-state index contributed by atoms with van der Waals surface area (Å²) in [4.78, 5) is 22.1. The molecule has 1 N–H and O–H groups in total. The molecule has 0 unspecified atom stereocenters. The zero-order chi connectivity index (χ0) is 14.7. The minimum absolute atomic E-state index is 0.340. The van der Waals surface area contributed by atoms with Gasteiger partial charge in [0.25, 0.3) is 0 Å². The van der Waals surface area contributed by atoms with Crippen molar-refractivity contribution in [2.24, 2.45) is 0 Å². The topological polar surface area (TPSA) is 80.8 Å². The van der Waals surface area contributed by atoms with Gasteiger partial charge in [-0.15, -0.1) is 22.7 Å². The maximum atomic E-state index is 12.1. The number of aryl methyl sites for hydroxylation is 1. The van der Waals surface area contributed by atoms with E-state index in [1.807, 2.05) is 17.5 Å². The Bertz CT molecular complexity index is 720. The number of ether oxygens (including phenoxy) is 1. The number of esters is 1. The maximum absolute atomic E-state index is 12.1. The van der Waals surface area contributed by atoms with E-state index in [9.17, 15) is 4.79 Å². The van der Waals surface area contributed by atoms with Crippen molar-refractivity contribution in [3.05, 3.63) is 39.3 Å². The van der Waals surface area contributed by atoms with E-state index in [2.05, 4.69) is 20.2 Å². The predicted molar refractivity (Wildman–Crippen MR) is 80.5 cm³/mol. The first-order valence-corrected chi connectivity index (χ1v) is 7.96. The number of rotatable bonds is 5. The van der Waals surface area contributed by atoms with Crippen molar-refractivity contribution in [1.82, 2.24) is 20.2 Å². The Morgan fingerprint density at radius 1 is 1.48 bits per heavy atom. The number of nitrogens with zero attached hydrogens (tertiary/aromatic N) is 3. The van der Waals surface area contributed by atoms with Crippen LogP contribution in [0.15, 0.2) is 23.8 Å². The van der Waals surface area contributed by atoms with Crippen molar-refractivity contribution in [2.45, 2.75) is 13.3 Å². The SMILES string of the molecule is Cc1nc(-c2ncn[nH]2)sc1C(=O)OCCc1cccs1. The summed E-state index contributed by atoms with van der Waals surface area (Å²) in [7, 11) is 0. The van der Waals surface area contributed by atoms with E-state index in [4.69, 9.17) is 4.74 Å². The lowest BCUT2D eigenvalue weighted by molar-refractivity contribution is 0.0514. The van der Waals surface area contributed by atoms with Crippen molar-refractivity contribution >= 4 is 28.6 Å². The molecule has 108 valence electrons. The molecule has 0 spiro atoms. The molecule has 3 aromatic heterocycles. The summed E-state index contributed by atoms with van der Waals surface area (Å²) in [5, 5.41) is 9.15. The largest absolute Gasteiger partial charge is 0.461 e. The van der Waals surface area contributed by atoms with Crippen LogP contribution in [0.5, 0.6) is 0 Å². The number of nitrogens with one attached hydrogen (secondary N) is 1. The summed E-state index contributed by atoms with van der Waals surface area (Å²) in [6.45, 7) is 2.15. The van der Waals surface area contributed by atoms with Crippen molar-refractivity contribution in [2.75, 3.05) is 6.61 Å². The number of thiophene rings is 1. The normalized spacial score (nSPS) is 10.7. The van der Waals surface area contributed by atoms with Crippen LogP contribution >= 0.6 is 22.7 Å². The van der Waals surface area contributed by atoms with Crippen LogP contribution in [-0.2, 0) is 11.2 Å². The Morgan fingerprint density at radius 2 is 2.38 bits per heavy atom. The van der Waals surface area contributed by atoms with Crippen LogP contribution in [0.3, 0.4) is 0 Å². The average molecular weight is 320 g/mol. The van der Waals surface area contributed by atoms with Gasteiger partial charge in [0.15, 0.2) is 10.8 Å². The molecule has 0 aliphatic rings. The number of hydrogen-bond donors (Lipinski definition) is 1. The molecule has 0 radical (unpaired) electrons. The fourth-order valence-corrected chi connectivity index (χ4v) is 3.36. The molecule has 0 atom stereocenters. The van der Waals surface area contributed by atoms with Gasteiger partial charge in [-0.1, -0.05) is 6.07 Å². The van der Waals surface area contributed by atoms with Gasteiger partial charge in [0.05, 0.1) is 12.3 Å². The highest BCUT2D eigenvalue weighted by molar-refractivity contribution is 7.17. The van der Waals surface area contributed by atoms with Gasteiger partial charge in [-0.2, -0.15) is 5.10 Å². The molecular weight excluding hydrogens is 308 g/mol. The van der Waals surface area contributed by atoms with Gasteiger partial charge in [0, 0.05) is 11.3 Å². The summed E-state index contributed by atoms with van der Waals surface area (Å²) in [5.74, 6) is 0.216.